The highest BCUT2D eigenvalue weighted by atomic mass is 35.5. The van der Waals surface area contributed by atoms with Crippen molar-refractivity contribution < 1.29 is 19.8 Å². The van der Waals surface area contributed by atoms with Crippen molar-refractivity contribution in [2.75, 3.05) is 6.54 Å². The molecule has 1 fully saturated rings. The van der Waals surface area contributed by atoms with Gasteiger partial charge >= 0.3 is 0 Å². The molecule has 0 spiro atoms. The van der Waals surface area contributed by atoms with E-state index in [2.05, 4.69) is 0 Å². The van der Waals surface area contributed by atoms with Crippen molar-refractivity contribution in [1.29, 1.82) is 0 Å². The largest absolute Gasteiger partial charge is 0.508 e. The van der Waals surface area contributed by atoms with Gasteiger partial charge in [0.25, 0.3) is 11.7 Å². The summed E-state index contributed by atoms with van der Waals surface area (Å²) in [5, 5.41) is 21.2. The van der Waals surface area contributed by atoms with Gasteiger partial charge in [-0.1, -0.05) is 37.6 Å². The quantitative estimate of drug-likeness (QED) is 0.471. The molecule has 2 aromatic carbocycles. The molecule has 2 N–H and O–H groups in total. The number of hydrogen-bond acceptors (Lipinski definition) is 4. The lowest BCUT2D eigenvalue weighted by molar-refractivity contribution is -0.140. The Hall–Kier alpha value is -2.79. The number of phenols is 1. The number of ketones is 1. The third kappa shape index (κ3) is 3.69. The number of aliphatic hydroxyl groups excluding tert-OH is 1. The number of aromatic hydroxyl groups is 1. The molecule has 0 saturated carbocycles. The van der Waals surface area contributed by atoms with Crippen LogP contribution in [0.15, 0.2) is 54.1 Å². The topological polar surface area (TPSA) is 77.8 Å². The van der Waals surface area contributed by atoms with Crippen LogP contribution in [-0.4, -0.2) is 33.3 Å². The van der Waals surface area contributed by atoms with E-state index < -0.39 is 17.7 Å². The maximum atomic E-state index is 12.7. The van der Waals surface area contributed by atoms with Gasteiger partial charge in [-0.05, 0) is 47.9 Å². The number of aliphatic hydroxyl groups is 1. The van der Waals surface area contributed by atoms with E-state index in [4.69, 9.17) is 11.6 Å². The highest BCUT2D eigenvalue weighted by Gasteiger charge is 2.46. The summed E-state index contributed by atoms with van der Waals surface area (Å²) in [6.45, 7) is 4.23. The molecule has 0 bridgehead atoms. The van der Waals surface area contributed by atoms with Crippen LogP contribution in [0.3, 0.4) is 0 Å². The number of amides is 1. The Morgan fingerprint density at radius 3 is 2.41 bits per heavy atom. The number of halogens is 1. The van der Waals surface area contributed by atoms with Crippen molar-refractivity contribution in [3.05, 3.63) is 70.3 Å². The highest BCUT2D eigenvalue weighted by Crippen LogP contribution is 2.40. The van der Waals surface area contributed by atoms with Gasteiger partial charge in [-0.3, -0.25) is 9.59 Å². The van der Waals surface area contributed by atoms with E-state index in [0.717, 1.165) is 0 Å². The molecule has 140 valence electrons. The summed E-state index contributed by atoms with van der Waals surface area (Å²) in [7, 11) is 0. The predicted molar refractivity (Wildman–Crippen MR) is 103 cm³/mol. The fourth-order valence-electron chi connectivity index (χ4n) is 3.27. The Kier molecular flexibility index (Phi) is 5.24. The minimum atomic E-state index is -0.768. The Bertz CT molecular complexity index is 918. The van der Waals surface area contributed by atoms with Gasteiger partial charge < -0.3 is 15.1 Å². The first kappa shape index (κ1) is 19.0. The smallest absolute Gasteiger partial charge is 0.295 e. The zero-order valence-electron chi connectivity index (χ0n) is 15.0. The number of likely N-dealkylation sites (tertiary alicyclic amines) is 1. The number of phenolic OH excluding ortho intramolecular Hbond substituents is 1. The van der Waals surface area contributed by atoms with E-state index in [1.54, 1.807) is 36.4 Å². The molecule has 1 amide bonds. The lowest BCUT2D eigenvalue weighted by Crippen LogP contribution is -2.33. The van der Waals surface area contributed by atoms with E-state index in [1.807, 2.05) is 13.8 Å². The van der Waals surface area contributed by atoms with Crippen LogP contribution in [0.5, 0.6) is 5.75 Å². The molecule has 1 atom stereocenters. The molecule has 0 radical (unpaired) electrons. The Labute approximate surface area is 162 Å². The summed E-state index contributed by atoms with van der Waals surface area (Å²) in [5.41, 5.74) is 0.964. The average Bonchev–Trinajstić information content (AvgIpc) is 2.86. The third-order valence-electron chi connectivity index (χ3n) is 4.41. The van der Waals surface area contributed by atoms with Crippen LogP contribution in [0.4, 0.5) is 0 Å². The maximum Gasteiger partial charge on any atom is 0.295 e. The molecule has 2 aromatic rings. The summed E-state index contributed by atoms with van der Waals surface area (Å²) in [4.78, 5) is 26.9. The maximum absolute atomic E-state index is 12.7. The van der Waals surface area contributed by atoms with Crippen LogP contribution >= 0.6 is 11.6 Å². The molecule has 1 aliphatic rings. The number of rotatable bonds is 4. The van der Waals surface area contributed by atoms with Crippen molar-refractivity contribution in [2.24, 2.45) is 5.92 Å². The first-order valence-corrected chi connectivity index (χ1v) is 9.00. The fraction of sp³-hybridized carbons (Fsp3) is 0.238. The predicted octanol–water partition coefficient (Wildman–Crippen LogP) is 4.12. The van der Waals surface area contributed by atoms with Crippen molar-refractivity contribution in [3.8, 4) is 5.75 Å². The molecule has 1 heterocycles. The summed E-state index contributed by atoms with van der Waals surface area (Å²) in [5.74, 6) is -1.51. The van der Waals surface area contributed by atoms with E-state index >= 15 is 0 Å². The lowest BCUT2D eigenvalue weighted by Gasteiger charge is -2.27. The lowest BCUT2D eigenvalue weighted by atomic mass is 9.95. The van der Waals surface area contributed by atoms with Crippen molar-refractivity contribution in [3.63, 3.8) is 0 Å². The van der Waals surface area contributed by atoms with Crippen LogP contribution in [0.2, 0.25) is 5.02 Å². The second kappa shape index (κ2) is 7.45. The standard InChI is InChI=1S/C21H20ClNO4/c1-12(2)11-23-18(14-4-3-5-16(24)10-14)17(20(26)21(23)27)19(25)13-6-8-15(22)9-7-13/h3-10,12,18,24-25H,11H2,1-2H3/t18-/m0/s1. The summed E-state index contributed by atoms with van der Waals surface area (Å²) in [6.07, 6.45) is 0. The van der Waals surface area contributed by atoms with Gasteiger partial charge in [-0.2, -0.15) is 0 Å². The zero-order chi connectivity index (χ0) is 19.7. The van der Waals surface area contributed by atoms with Crippen LogP contribution in [0.1, 0.15) is 31.0 Å². The van der Waals surface area contributed by atoms with E-state index in [9.17, 15) is 19.8 Å². The zero-order valence-corrected chi connectivity index (χ0v) is 15.8. The summed E-state index contributed by atoms with van der Waals surface area (Å²) < 4.78 is 0. The number of Topliss-reactive ketones (excluding diaryl/α,β-unsaturated/α-hetero) is 1. The first-order chi connectivity index (χ1) is 12.8. The van der Waals surface area contributed by atoms with Crippen molar-refractivity contribution in [2.45, 2.75) is 19.9 Å². The number of nitrogens with zero attached hydrogens (tertiary/aromatic N) is 1. The molecule has 6 heteroatoms. The third-order valence-corrected chi connectivity index (χ3v) is 4.66. The summed E-state index contributed by atoms with van der Waals surface area (Å²) >= 11 is 5.90. The van der Waals surface area contributed by atoms with Crippen LogP contribution < -0.4 is 0 Å². The van der Waals surface area contributed by atoms with Gasteiger partial charge in [0, 0.05) is 17.1 Å². The van der Waals surface area contributed by atoms with E-state index in [0.29, 0.717) is 22.7 Å². The number of benzene rings is 2. The van der Waals surface area contributed by atoms with Gasteiger partial charge in [0.05, 0.1) is 11.6 Å². The minimum absolute atomic E-state index is 0.00794. The Balaban J connectivity index is 2.19. The van der Waals surface area contributed by atoms with Crippen LogP contribution in [-0.2, 0) is 9.59 Å². The van der Waals surface area contributed by atoms with Gasteiger partial charge in [0.2, 0.25) is 0 Å². The molecule has 3 rings (SSSR count). The van der Waals surface area contributed by atoms with Crippen molar-refractivity contribution >= 4 is 29.1 Å². The minimum Gasteiger partial charge on any atom is -0.508 e. The first-order valence-electron chi connectivity index (χ1n) is 8.63. The second-order valence-electron chi connectivity index (χ2n) is 6.95. The van der Waals surface area contributed by atoms with E-state index in [1.165, 1.54) is 17.0 Å². The molecule has 1 saturated heterocycles. The van der Waals surface area contributed by atoms with Crippen molar-refractivity contribution in [1.82, 2.24) is 4.90 Å². The normalized spacial score (nSPS) is 19.1. The molecule has 0 aromatic heterocycles. The molecular formula is C21H20ClNO4. The fourth-order valence-corrected chi connectivity index (χ4v) is 3.39. The van der Waals surface area contributed by atoms with Crippen LogP contribution in [0.25, 0.3) is 5.76 Å². The number of hydrogen-bond donors (Lipinski definition) is 2. The number of carbonyl (C=O) groups is 2. The second-order valence-corrected chi connectivity index (χ2v) is 7.38. The molecule has 1 aliphatic heterocycles. The Morgan fingerprint density at radius 1 is 1.15 bits per heavy atom. The molecule has 0 unspecified atom stereocenters. The van der Waals surface area contributed by atoms with E-state index in [-0.39, 0.29) is 23.0 Å². The molecule has 0 aliphatic carbocycles. The van der Waals surface area contributed by atoms with Gasteiger partial charge in [-0.15, -0.1) is 0 Å². The highest BCUT2D eigenvalue weighted by molar-refractivity contribution is 6.46. The monoisotopic (exact) mass is 385 g/mol. The molecule has 27 heavy (non-hydrogen) atoms. The molecule has 5 nitrogen and oxygen atoms in total. The number of carbonyl (C=O) groups excluding carboxylic acids is 2. The van der Waals surface area contributed by atoms with Gasteiger partial charge in [-0.25, -0.2) is 0 Å². The van der Waals surface area contributed by atoms with Gasteiger partial charge in [0.15, 0.2) is 0 Å². The molecular weight excluding hydrogens is 366 g/mol. The van der Waals surface area contributed by atoms with Gasteiger partial charge in [0.1, 0.15) is 11.5 Å². The Morgan fingerprint density at radius 2 is 1.81 bits per heavy atom. The average molecular weight is 386 g/mol. The SMILES string of the molecule is CC(C)CN1C(=O)C(=O)C(=C(O)c2ccc(Cl)cc2)[C@@H]1c1cccc(O)c1. The summed E-state index contributed by atoms with van der Waals surface area (Å²) in [6, 6.07) is 12.0. The van der Waals surface area contributed by atoms with Crippen LogP contribution in [0, 0.1) is 5.92 Å².